The van der Waals surface area contributed by atoms with Crippen molar-refractivity contribution in [2.75, 3.05) is 38.2 Å². The molecule has 1 fully saturated rings. The lowest BCUT2D eigenvalue weighted by Crippen LogP contribution is -2.53. The number of carbonyl (C=O) groups is 1. The van der Waals surface area contributed by atoms with Crippen LogP contribution in [0.15, 0.2) is 24.3 Å². The van der Waals surface area contributed by atoms with Gasteiger partial charge in [-0.25, -0.2) is 8.42 Å². The molecule has 1 amide bonds. The third-order valence-electron chi connectivity index (χ3n) is 4.12. The minimum atomic E-state index is -3.10. The second-order valence-electron chi connectivity index (χ2n) is 6.25. The number of nitrogens with zero attached hydrogens (tertiary/aromatic N) is 2. The molecule has 1 atom stereocenters. The van der Waals surface area contributed by atoms with Crippen molar-refractivity contribution in [2.45, 2.75) is 19.0 Å². The summed E-state index contributed by atoms with van der Waals surface area (Å²) in [4.78, 5) is 16.3. The zero-order chi connectivity index (χ0) is 17.7. The highest BCUT2D eigenvalue weighted by atomic mass is 35.5. The summed E-state index contributed by atoms with van der Waals surface area (Å²) >= 11 is 5.88. The lowest BCUT2D eigenvalue weighted by molar-refractivity contribution is -0.134. The first kappa shape index (κ1) is 22.2. The lowest BCUT2D eigenvalue weighted by Gasteiger charge is -2.36. The molecule has 6 nitrogen and oxygen atoms in total. The summed E-state index contributed by atoms with van der Waals surface area (Å²) in [6.07, 6.45) is 1.32. The molecule has 2 N–H and O–H groups in total. The van der Waals surface area contributed by atoms with Crippen LogP contribution in [-0.4, -0.2) is 68.4 Å². The maximum atomic E-state index is 12.3. The van der Waals surface area contributed by atoms with Gasteiger partial charge >= 0.3 is 0 Å². The van der Waals surface area contributed by atoms with E-state index < -0.39 is 15.9 Å². The largest absolute Gasteiger partial charge is 0.339 e. The Hall–Kier alpha value is -0.860. The fourth-order valence-electron chi connectivity index (χ4n) is 2.67. The summed E-state index contributed by atoms with van der Waals surface area (Å²) in [7, 11) is -3.10. The van der Waals surface area contributed by atoms with Gasteiger partial charge in [-0.3, -0.25) is 9.69 Å². The van der Waals surface area contributed by atoms with Crippen LogP contribution in [0.1, 0.15) is 12.0 Å². The molecule has 9 heteroatoms. The van der Waals surface area contributed by atoms with E-state index in [1.165, 1.54) is 5.56 Å². The average molecular weight is 410 g/mol. The second-order valence-corrected chi connectivity index (χ2v) is 8.95. The fraction of sp³-hybridized carbons (Fsp3) is 0.562. The number of benzene rings is 1. The van der Waals surface area contributed by atoms with E-state index in [0.29, 0.717) is 13.1 Å². The Morgan fingerprint density at radius 3 is 2.28 bits per heavy atom. The summed E-state index contributed by atoms with van der Waals surface area (Å²) in [5.41, 5.74) is 7.03. The maximum Gasteiger partial charge on any atom is 0.239 e. The van der Waals surface area contributed by atoms with Crippen LogP contribution in [0.5, 0.6) is 0 Å². The Morgan fingerprint density at radius 1 is 1.20 bits per heavy atom. The Balaban J connectivity index is 0.00000312. The molecular formula is C16H25Cl2N3O3S. The molecule has 1 aliphatic rings. The molecule has 1 aromatic carbocycles. The van der Waals surface area contributed by atoms with Crippen molar-refractivity contribution < 1.29 is 13.2 Å². The summed E-state index contributed by atoms with van der Waals surface area (Å²) in [5.74, 6) is -0.221. The molecule has 25 heavy (non-hydrogen) atoms. The van der Waals surface area contributed by atoms with E-state index in [9.17, 15) is 13.2 Å². The molecule has 0 bridgehead atoms. The Morgan fingerprint density at radius 2 is 1.76 bits per heavy atom. The smallest absolute Gasteiger partial charge is 0.239 e. The summed E-state index contributed by atoms with van der Waals surface area (Å²) in [5, 5.41) is 0.720. The molecule has 1 heterocycles. The molecular weight excluding hydrogens is 385 g/mol. The van der Waals surface area contributed by atoms with E-state index in [4.69, 9.17) is 17.3 Å². The number of piperazine rings is 1. The van der Waals surface area contributed by atoms with E-state index in [1.807, 2.05) is 24.3 Å². The quantitative estimate of drug-likeness (QED) is 0.761. The molecule has 0 radical (unpaired) electrons. The number of amides is 1. The molecule has 1 aliphatic heterocycles. The van der Waals surface area contributed by atoms with Gasteiger partial charge in [0, 0.05) is 44.0 Å². The maximum absolute atomic E-state index is 12.3. The topological polar surface area (TPSA) is 83.7 Å². The first-order valence-corrected chi connectivity index (χ1v) is 10.4. The van der Waals surface area contributed by atoms with Crippen LogP contribution in [0, 0.1) is 0 Å². The third-order valence-corrected chi connectivity index (χ3v) is 5.35. The lowest BCUT2D eigenvalue weighted by atomic mass is 10.1. The zero-order valence-corrected chi connectivity index (χ0v) is 16.6. The van der Waals surface area contributed by atoms with Crippen LogP contribution in [0.25, 0.3) is 0 Å². The van der Waals surface area contributed by atoms with Gasteiger partial charge in [0.25, 0.3) is 0 Å². The van der Waals surface area contributed by atoms with Gasteiger partial charge in [0.05, 0.1) is 11.8 Å². The number of nitrogens with two attached hydrogens (primary N) is 1. The van der Waals surface area contributed by atoms with E-state index in [-0.39, 0.29) is 30.5 Å². The number of rotatable bonds is 6. The number of hydrogen-bond acceptors (Lipinski definition) is 5. The van der Waals surface area contributed by atoms with Gasteiger partial charge in [-0.05, 0) is 24.1 Å². The van der Waals surface area contributed by atoms with Gasteiger partial charge in [0.15, 0.2) is 0 Å². The normalized spacial score (nSPS) is 17.0. The number of halogens is 2. The van der Waals surface area contributed by atoms with Gasteiger partial charge in [0.2, 0.25) is 5.91 Å². The van der Waals surface area contributed by atoms with Gasteiger partial charge in [-0.15, -0.1) is 12.4 Å². The van der Waals surface area contributed by atoms with Crippen molar-refractivity contribution in [3.05, 3.63) is 34.9 Å². The SMILES string of the molecule is CS(=O)(=O)CCC(N)C(=O)N1CCN(Cc2ccc(Cl)cc2)CC1.Cl. The number of hydrogen-bond donors (Lipinski definition) is 1. The van der Waals surface area contributed by atoms with Crippen LogP contribution in [0.3, 0.4) is 0 Å². The summed E-state index contributed by atoms with van der Waals surface area (Å²) < 4.78 is 22.4. The Kier molecular flexibility index (Phi) is 8.63. The van der Waals surface area contributed by atoms with Gasteiger partial charge < -0.3 is 10.6 Å². The van der Waals surface area contributed by atoms with Gasteiger partial charge in [-0.2, -0.15) is 0 Å². The zero-order valence-electron chi connectivity index (χ0n) is 14.2. The van der Waals surface area contributed by atoms with Crippen LogP contribution in [-0.2, 0) is 21.2 Å². The van der Waals surface area contributed by atoms with Crippen LogP contribution in [0.2, 0.25) is 5.02 Å². The number of carbonyl (C=O) groups excluding carboxylic acids is 1. The Labute approximate surface area is 160 Å². The van der Waals surface area contributed by atoms with Gasteiger partial charge in [0.1, 0.15) is 9.84 Å². The average Bonchev–Trinajstić information content (AvgIpc) is 2.54. The van der Waals surface area contributed by atoms with Crippen molar-refractivity contribution >= 4 is 39.8 Å². The van der Waals surface area contributed by atoms with Crippen molar-refractivity contribution in [1.82, 2.24) is 9.80 Å². The minimum absolute atomic E-state index is 0. The molecule has 1 aromatic rings. The van der Waals surface area contributed by atoms with Crippen LogP contribution >= 0.6 is 24.0 Å². The van der Waals surface area contributed by atoms with Gasteiger partial charge in [-0.1, -0.05) is 23.7 Å². The van der Waals surface area contributed by atoms with E-state index in [0.717, 1.165) is 30.9 Å². The van der Waals surface area contributed by atoms with Crippen molar-refractivity contribution in [1.29, 1.82) is 0 Å². The molecule has 0 aromatic heterocycles. The molecule has 0 saturated carbocycles. The monoisotopic (exact) mass is 409 g/mol. The predicted octanol–water partition coefficient (Wildman–Crippen LogP) is 1.17. The molecule has 1 saturated heterocycles. The molecule has 0 spiro atoms. The summed E-state index contributed by atoms with van der Waals surface area (Å²) in [6, 6.07) is 7.00. The minimum Gasteiger partial charge on any atom is -0.339 e. The first-order chi connectivity index (χ1) is 11.2. The molecule has 0 aliphatic carbocycles. The van der Waals surface area contributed by atoms with Crippen molar-refractivity contribution in [3.8, 4) is 0 Å². The predicted molar refractivity (Wildman–Crippen MR) is 103 cm³/mol. The Bertz CT molecular complexity index is 660. The highest BCUT2D eigenvalue weighted by Gasteiger charge is 2.25. The first-order valence-electron chi connectivity index (χ1n) is 7.93. The molecule has 2 rings (SSSR count). The highest BCUT2D eigenvalue weighted by molar-refractivity contribution is 7.90. The summed E-state index contributed by atoms with van der Waals surface area (Å²) in [6.45, 7) is 3.58. The van der Waals surface area contributed by atoms with Crippen molar-refractivity contribution in [3.63, 3.8) is 0 Å². The highest BCUT2D eigenvalue weighted by Crippen LogP contribution is 2.13. The number of sulfone groups is 1. The second kappa shape index (κ2) is 9.73. The van der Waals surface area contributed by atoms with Crippen LogP contribution < -0.4 is 5.73 Å². The molecule has 142 valence electrons. The van der Waals surface area contributed by atoms with Crippen LogP contribution in [0.4, 0.5) is 0 Å². The third kappa shape index (κ3) is 7.50. The standard InChI is InChI=1S/C16H24ClN3O3S.ClH/c1-24(22,23)11-6-15(18)16(21)20-9-7-19(8-10-20)12-13-2-4-14(17)5-3-13;/h2-5,15H,6-12,18H2,1H3;1H. The fourth-order valence-corrected chi connectivity index (χ4v) is 3.48. The van der Waals surface area contributed by atoms with Crippen molar-refractivity contribution in [2.24, 2.45) is 5.73 Å². The van der Waals surface area contributed by atoms with E-state index in [2.05, 4.69) is 4.90 Å². The van der Waals surface area contributed by atoms with E-state index >= 15 is 0 Å². The van der Waals surface area contributed by atoms with E-state index in [1.54, 1.807) is 4.90 Å². The molecule has 1 unspecified atom stereocenters.